The van der Waals surface area contributed by atoms with E-state index in [4.69, 9.17) is 11.0 Å². The summed E-state index contributed by atoms with van der Waals surface area (Å²) in [6.45, 7) is 4.84. The topological polar surface area (TPSA) is 70.9 Å². The molecule has 0 unspecified atom stereocenters. The van der Waals surface area contributed by atoms with E-state index in [1.54, 1.807) is 6.07 Å². The maximum Gasteiger partial charge on any atom is 0.150 e. The van der Waals surface area contributed by atoms with Crippen molar-refractivity contribution in [2.75, 3.05) is 17.7 Å². The molecule has 5 heteroatoms. The number of nitrogens with zero attached hydrogens (tertiary/aromatic N) is 4. The van der Waals surface area contributed by atoms with Gasteiger partial charge in [0, 0.05) is 20.6 Å². The molecule has 0 bridgehead atoms. The Morgan fingerprint density at radius 2 is 2.14 bits per heavy atom. The fourth-order valence-corrected chi connectivity index (χ4v) is 2.52. The van der Waals surface area contributed by atoms with E-state index in [2.05, 4.69) is 29.9 Å². The molecule has 0 atom stereocenters. The average Bonchev–Trinajstić information content (AvgIpc) is 2.74. The van der Waals surface area contributed by atoms with Crippen LogP contribution in [0.4, 0.5) is 11.5 Å². The van der Waals surface area contributed by atoms with Gasteiger partial charge >= 0.3 is 0 Å². The fourth-order valence-electron chi connectivity index (χ4n) is 2.52. The number of nitrogens with two attached hydrogens (primary N) is 1. The molecule has 1 aromatic carbocycles. The van der Waals surface area contributed by atoms with Gasteiger partial charge in [-0.15, -0.1) is 0 Å². The van der Waals surface area contributed by atoms with Crippen molar-refractivity contribution < 1.29 is 0 Å². The highest BCUT2D eigenvalue weighted by molar-refractivity contribution is 5.67. The lowest BCUT2D eigenvalue weighted by Crippen LogP contribution is -2.20. The molecule has 0 aliphatic carbocycles. The number of rotatable bonds is 4. The molecule has 2 aromatic rings. The molecule has 5 nitrogen and oxygen atoms in total. The highest BCUT2D eigenvalue weighted by atomic mass is 15.4. The molecule has 0 radical (unpaired) electrons. The van der Waals surface area contributed by atoms with Gasteiger partial charge in [-0.25, -0.2) is 0 Å². The molecule has 0 spiro atoms. The van der Waals surface area contributed by atoms with E-state index in [0.717, 1.165) is 22.8 Å². The van der Waals surface area contributed by atoms with Gasteiger partial charge in [0.05, 0.1) is 23.0 Å². The van der Waals surface area contributed by atoms with Crippen molar-refractivity contribution in [1.82, 2.24) is 9.78 Å². The maximum atomic E-state index is 8.97. The quantitative estimate of drug-likeness (QED) is 0.936. The van der Waals surface area contributed by atoms with E-state index in [0.29, 0.717) is 18.0 Å². The first-order chi connectivity index (χ1) is 9.93. The van der Waals surface area contributed by atoms with Crippen LogP contribution in [0.5, 0.6) is 0 Å². The Morgan fingerprint density at radius 1 is 1.43 bits per heavy atom. The van der Waals surface area contributed by atoms with Crippen LogP contribution in [-0.2, 0) is 13.6 Å². The Hall–Kier alpha value is -2.48. The SMILES string of the molecule is CC(C)c1nn(C)c(N(C)Cc2cccc(C#N)c2)c1N. The van der Waals surface area contributed by atoms with E-state index in [9.17, 15) is 0 Å². The molecular formula is C16H21N5. The summed E-state index contributed by atoms with van der Waals surface area (Å²) in [7, 11) is 3.89. The van der Waals surface area contributed by atoms with Crippen molar-refractivity contribution in [3.8, 4) is 6.07 Å². The highest BCUT2D eigenvalue weighted by Crippen LogP contribution is 2.30. The summed E-state index contributed by atoms with van der Waals surface area (Å²) in [4.78, 5) is 2.06. The Bertz CT molecular complexity index is 678. The molecule has 2 rings (SSSR count). The number of hydrogen-bond donors (Lipinski definition) is 1. The third-order valence-electron chi connectivity index (χ3n) is 3.47. The zero-order chi connectivity index (χ0) is 15.6. The van der Waals surface area contributed by atoms with Crippen LogP contribution in [-0.4, -0.2) is 16.8 Å². The minimum absolute atomic E-state index is 0.292. The van der Waals surface area contributed by atoms with Gasteiger partial charge in [-0.2, -0.15) is 10.4 Å². The van der Waals surface area contributed by atoms with E-state index in [1.165, 1.54) is 0 Å². The van der Waals surface area contributed by atoms with Crippen LogP contribution < -0.4 is 10.6 Å². The lowest BCUT2D eigenvalue weighted by molar-refractivity contribution is 0.698. The molecular weight excluding hydrogens is 262 g/mol. The molecule has 0 saturated carbocycles. The van der Waals surface area contributed by atoms with Crippen molar-refractivity contribution in [1.29, 1.82) is 5.26 Å². The van der Waals surface area contributed by atoms with Crippen LogP contribution in [0.3, 0.4) is 0 Å². The molecule has 110 valence electrons. The summed E-state index contributed by atoms with van der Waals surface area (Å²) in [6.07, 6.45) is 0. The van der Waals surface area contributed by atoms with Gasteiger partial charge in [0.15, 0.2) is 0 Å². The summed E-state index contributed by atoms with van der Waals surface area (Å²) in [6, 6.07) is 9.76. The van der Waals surface area contributed by atoms with Crippen molar-refractivity contribution in [3.63, 3.8) is 0 Å². The standard InChI is InChI=1S/C16H21N5/c1-11(2)15-14(18)16(21(4)19-15)20(3)10-13-7-5-6-12(8-13)9-17/h5-8,11H,10,18H2,1-4H3. The van der Waals surface area contributed by atoms with Gasteiger partial charge in [-0.1, -0.05) is 26.0 Å². The van der Waals surface area contributed by atoms with Crippen LogP contribution >= 0.6 is 0 Å². The van der Waals surface area contributed by atoms with E-state index in [-0.39, 0.29) is 0 Å². The Balaban J connectivity index is 2.28. The van der Waals surface area contributed by atoms with Crippen LogP contribution in [0.2, 0.25) is 0 Å². The van der Waals surface area contributed by atoms with Crippen LogP contribution in [0.15, 0.2) is 24.3 Å². The molecule has 2 N–H and O–H groups in total. The van der Waals surface area contributed by atoms with Gasteiger partial charge in [0.1, 0.15) is 5.82 Å². The predicted molar refractivity (Wildman–Crippen MR) is 85.0 cm³/mol. The van der Waals surface area contributed by atoms with E-state index < -0.39 is 0 Å². The molecule has 0 saturated heterocycles. The first kappa shape index (κ1) is 14.9. The van der Waals surface area contributed by atoms with Crippen molar-refractivity contribution in [2.45, 2.75) is 26.3 Å². The van der Waals surface area contributed by atoms with Crippen molar-refractivity contribution in [3.05, 3.63) is 41.1 Å². The third kappa shape index (κ3) is 3.00. The Morgan fingerprint density at radius 3 is 2.71 bits per heavy atom. The lowest BCUT2D eigenvalue weighted by atomic mass is 10.1. The largest absolute Gasteiger partial charge is 0.394 e. The first-order valence-corrected chi connectivity index (χ1v) is 6.96. The van der Waals surface area contributed by atoms with Gasteiger partial charge in [0.25, 0.3) is 0 Å². The average molecular weight is 283 g/mol. The van der Waals surface area contributed by atoms with Crippen molar-refractivity contribution >= 4 is 11.5 Å². The van der Waals surface area contributed by atoms with Gasteiger partial charge in [-0.3, -0.25) is 4.68 Å². The van der Waals surface area contributed by atoms with Crippen LogP contribution in [0, 0.1) is 11.3 Å². The number of hydrogen-bond acceptors (Lipinski definition) is 4. The highest BCUT2D eigenvalue weighted by Gasteiger charge is 2.18. The minimum Gasteiger partial charge on any atom is -0.394 e. The second kappa shape index (κ2) is 5.88. The number of anilines is 2. The number of aryl methyl sites for hydroxylation is 1. The lowest BCUT2D eigenvalue weighted by Gasteiger charge is -2.20. The molecule has 1 aromatic heterocycles. The second-order valence-corrected chi connectivity index (χ2v) is 5.57. The summed E-state index contributed by atoms with van der Waals surface area (Å²) >= 11 is 0. The fraction of sp³-hybridized carbons (Fsp3) is 0.375. The second-order valence-electron chi connectivity index (χ2n) is 5.57. The normalized spacial score (nSPS) is 10.7. The Kier molecular flexibility index (Phi) is 4.18. The summed E-state index contributed by atoms with van der Waals surface area (Å²) in [5.41, 5.74) is 9.63. The van der Waals surface area contributed by atoms with E-state index >= 15 is 0 Å². The number of aromatic nitrogens is 2. The minimum atomic E-state index is 0.292. The summed E-state index contributed by atoms with van der Waals surface area (Å²) in [5, 5.41) is 13.5. The third-order valence-corrected chi connectivity index (χ3v) is 3.47. The Labute approximate surface area is 125 Å². The number of benzene rings is 1. The van der Waals surface area contributed by atoms with Crippen LogP contribution in [0.25, 0.3) is 0 Å². The molecule has 21 heavy (non-hydrogen) atoms. The smallest absolute Gasteiger partial charge is 0.150 e. The molecule has 1 heterocycles. The monoisotopic (exact) mass is 283 g/mol. The molecule has 0 aliphatic heterocycles. The first-order valence-electron chi connectivity index (χ1n) is 6.96. The van der Waals surface area contributed by atoms with Crippen LogP contribution in [0.1, 0.15) is 36.6 Å². The zero-order valence-electron chi connectivity index (χ0n) is 13.0. The molecule has 0 amide bonds. The summed E-state index contributed by atoms with van der Waals surface area (Å²) in [5.74, 6) is 1.20. The summed E-state index contributed by atoms with van der Waals surface area (Å²) < 4.78 is 1.82. The van der Waals surface area contributed by atoms with Gasteiger partial charge in [0.2, 0.25) is 0 Å². The maximum absolute atomic E-state index is 8.97. The van der Waals surface area contributed by atoms with Gasteiger partial charge in [-0.05, 0) is 23.6 Å². The van der Waals surface area contributed by atoms with Crippen molar-refractivity contribution in [2.24, 2.45) is 7.05 Å². The molecule has 0 fully saturated rings. The number of nitrogen functional groups attached to an aromatic ring is 1. The zero-order valence-corrected chi connectivity index (χ0v) is 13.0. The molecule has 0 aliphatic rings. The van der Waals surface area contributed by atoms with Gasteiger partial charge < -0.3 is 10.6 Å². The van der Waals surface area contributed by atoms with E-state index in [1.807, 2.05) is 37.0 Å². The predicted octanol–water partition coefficient (Wildman–Crippen LogP) is 2.63. The number of nitriles is 1.